The van der Waals surface area contributed by atoms with Crippen molar-refractivity contribution in [3.8, 4) is 0 Å². The molecule has 0 unspecified atom stereocenters. The summed E-state index contributed by atoms with van der Waals surface area (Å²) in [6.07, 6.45) is 0. The molecule has 0 fully saturated rings. The van der Waals surface area contributed by atoms with Crippen LogP contribution in [0.2, 0.25) is 0 Å². The first-order valence-corrected chi connectivity index (χ1v) is 7.97. The van der Waals surface area contributed by atoms with Gasteiger partial charge in [0, 0.05) is 16.9 Å². The molecule has 0 spiro atoms. The van der Waals surface area contributed by atoms with E-state index >= 15 is 0 Å². The van der Waals surface area contributed by atoms with E-state index in [9.17, 15) is 13.2 Å². The van der Waals surface area contributed by atoms with E-state index in [1.54, 1.807) is 42.5 Å². The van der Waals surface area contributed by atoms with Crippen LogP contribution in [0, 0.1) is 0 Å². The Kier molecular flexibility index (Phi) is 4.28. The molecule has 0 aromatic heterocycles. The molecule has 0 aliphatic carbocycles. The van der Waals surface area contributed by atoms with Crippen molar-refractivity contribution in [1.29, 1.82) is 0 Å². The third kappa shape index (κ3) is 4.32. The van der Waals surface area contributed by atoms with Crippen LogP contribution in [0.3, 0.4) is 0 Å². The lowest BCUT2D eigenvalue weighted by molar-refractivity contribution is 0.101. The summed E-state index contributed by atoms with van der Waals surface area (Å²) >= 11 is 0. The number of nitrogen functional groups attached to an aromatic ring is 1. The number of ketones is 1. The summed E-state index contributed by atoms with van der Waals surface area (Å²) in [5, 5.41) is 0. The Morgan fingerprint density at radius 1 is 1.14 bits per heavy atom. The van der Waals surface area contributed by atoms with Crippen molar-refractivity contribution in [2.45, 2.75) is 12.7 Å². The van der Waals surface area contributed by atoms with Gasteiger partial charge in [-0.2, -0.15) is 0 Å². The van der Waals surface area contributed by atoms with Crippen LogP contribution in [0.25, 0.3) is 0 Å². The number of carbonyl (C=O) groups is 1. The van der Waals surface area contributed by atoms with Crippen molar-refractivity contribution in [2.75, 3.05) is 10.5 Å². The lowest BCUT2D eigenvalue weighted by atomic mass is 10.1. The van der Waals surface area contributed by atoms with E-state index in [-0.39, 0.29) is 11.5 Å². The highest BCUT2D eigenvalue weighted by Gasteiger charge is 2.12. The minimum Gasteiger partial charge on any atom is -0.399 e. The molecule has 110 valence electrons. The first-order chi connectivity index (χ1) is 9.85. The fourth-order valence-electron chi connectivity index (χ4n) is 1.92. The Morgan fingerprint density at radius 2 is 1.86 bits per heavy atom. The Labute approximate surface area is 123 Å². The maximum absolute atomic E-state index is 12.1. The molecule has 0 amide bonds. The van der Waals surface area contributed by atoms with Crippen LogP contribution in [0.4, 0.5) is 11.4 Å². The SMILES string of the molecule is CC(=O)c1cccc(NS(=O)(=O)Cc2cccc(N)c2)c1. The molecule has 0 saturated heterocycles. The molecule has 2 aromatic carbocycles. The Bertz CT molecular complexity index is 770. The predicted octanol–water partition coefficient (Wildman–Crippen LogP) is 2.41. The first kappa shape index (κ1) is 15.1. The van der Waals surface area contributed by atoms with Gasteiger partial charge in [-0.1, -0.05) is 24.3 Å². The van der Waals surface area contributed by atoms with Gasteiger partial charge in [0.25, 0.3) is 0 Å². The lowest BCUT2D eigenvalue weighted by Crippen LogP contribution is -2.15. The highest BCUT2D eigenvalue weighted by atomic mass is 32.2. The fourth-order valence-corrected chi connectivity index (χ4v) is 3.10. The van der Waals surface area contributed by atoms with E-state index in [0.717, 1.165) is 0 Å². The van der Waals surface area contributed by atoms with E-state index in [2.05, 4.69) is 4.72 Å². The van der Waals surface area contributed by atoms with Crippen LogP contribution in [-0.4, -0.2) is 14.2 Å². The van der Waals surface area contributed by atoms with Crippen LogP contribution in [0.1, 0.15) is 22.8 Å². The molecule has 0 atom stereocenters. The number of sulfonamides is 1. The predicted molar refractivity (Wildman–Crippen MR) is 83.5 cm³/mol. The monoisotopic (exact) mass is 304 g/mol. The third-order valence-electron chi connectivity index (χ3n) is 2.85. The zero-order valence-electron chi connectivity index (χ0n) is 11.5. The van der Waals surface area contributed by atoms with E-state index in [4.69, 9.17) is 5.73 Å². The van der Waals surface area contributed by atoms with Crippen molar-refractivity contribution >= 4 is 27.2 Å². The molecule has 0 heterocycles. The molecule has 0 radical (unpaired) electrons. The van der Waals surface area contributed by atoms with Crippen LogP contribution in [0.15, 0.2) is 48.5 Å². The molecule has 2 aromatic rings. The highest BCUT2D eigenvalue weighted by Crippen LogP contribution is 2.16. The van der Waals surface area contributed by atoms with Crippen molar-refractivity contribution in [3.05, 3.63) is 59.7 Å². The molecule has 5 nitrogen and oxygen atoms in total. The summed E-state index contributed by atoms with van der Waals surface area (Å²) in [5.41, 5.74) is 7.57. The molecule has 3 N–H and O–H groups in total. The highest BCUT2D eigenvalue weighted by molar-refractivity contribution is 7.91. The van der Waals surface area contributed by atoms with Crippen LogP contribution in [0.5, 0.6) is 0 Å². The molecule has 21 heavy (non-hydrogen) atoms. The smallest absolute Gasteiger partial charge is 0.236 e. The molecule has 0 saturated carbocycles. The van der Waals surface area contributed by atoms with E-state index in [0.29, 0.717) is 22.5 Å². The number of hydrogen-bond acceptors (Lipinski definition) is 4. The average molecular weight is 304 g/mol. The molecule has 0 aliphatic heterocycles. The Morgan fingerprint density at radius 3 is 2.52 bits per heavy atom. The minimum atomic E-state index is -3.56. The number of benzene rings is 2. The minimum absolute atomic E-state index is 0.119. The topological polar surface area (TPSA) is 89.3 Å². The van der Waals surface area contributed by atoms with Gasteiger partial charge in [0.2, 0.25) is 10.0 Å². The van der Waals surface area contributed by atoms with Crippen LogP contribution in [-0.2, 0) is 15.8 Å². The quantitative estimate of drug-likeness (QED) is 0.655. The number of hydrogen-bond donors (Lipinski definition) is 2. The maximum Gasteiger partial charge on any atom is 0.236 e. The number of anilines is 2. The molecule has 6 heteroatoms. The summed E-state index contributed by atoms with van der Waals surface area (Å²) in [7, 11) is -3.56. The Balaban J connectivity index is 2.18. The number of nitrogens with two attached hydrogens (primary N) is 1. The van der Waals surface area contributed by atoms with Gasteiger partial charge in [-0.15, -0.1) is 0 Å². The zero-order chi connectivity index (χ0) is 15.5. The van der Waals surface area contributed by atoms with Crippen LogP contribution >= 0.6 is 0 Å². The number of nitrogens with one attached hydrogen (secondary N) is 1. The van der Waals surface area contributed by atoms with Gasteiger partial charge in [-0.25, -0.2) is 8.42 Å². The van der Waals surface area contributed by atoms with Gasteiger partial charge >= 0.3 is 0 Å². The zero-order valence-corrected chi connectivity index (χ0v) is 12.4. The van der Waals surface area contributed by atoms with Crippen molar-refractivity contribution in [2.24, 2.45) is 0 Å². The molecular weight excluding hydrogens is 288 g/mol. The largest absolute Gasteiger partial charge is 0.399 e. The van der Waals surface area contributed by atoms with Gasteiger partial charge in [-0.05, 0) is 36.8 Å². The molecule has 2 rings (SSSR count). The summed E-state index contributed by atoms with van der Waals surface area (Å²) in [4.78, 5) is 11.3. The standard InChI is InChI=1S/C15H16N2O3S/c1-11(18)13-5-3-7-15(9-13)17-21(19,20)10-12-4-2-6-14(16)8-12/h2-9,17H,10,16H2,1H3. The third-order valence-corrected chi connectivity index (χ3v) is 4.11. The summed E-state index contributed by atoms with van der Waals surface area (Å²) in [5.74, 6) is -0.297. The first-order valence-electron chi connectivity index (χ1n) is 6.32. The van der Waals surface area contributed by atoms with Crippen molar-refractivity contribution < 1.29 is 13.2 Å². The second kappa shape index (κ2) is 5.97. The van der Waals surface area contributed by atoms with Crippen LogP contribution < -0.4 is 10.5 Å². The van der Waals surface area contributed by atoms with Gasteiger partial charge in [0.05, 0.1) is 5.75 Å². The average Bonchev–Trinajstić information content (AvgIpc) is 2.37. The summed E-state index contributed by atoms with van der Waals surface area (Å²) < 4.78 is 26.7. The number of rotatable bonds is 5. The summed E-state index contributed by atoms with van der Waals surface area (Å²) in [6, 6.07) is 13.1. The normalized spacial score (nSPS) is 11.1. The van der Waals surface area contributed by atoms with E-state index < -0.39 is 10.0 Å². The van der Waals surface area contributed by atoms with Gasteiger partial charge in [0.15, 0.2) is 5.78 Å². The van der Waals surface area contributed by atoms with Crippen molar-refractivity contribution in [3.63, 3.8) is 0 Å². The van der Waals surface area contributed by atoms with Crippen molar-refractivity contribution in [1.82, 2.24) is 0 Å². The lowest BCUT2D eigenvalue weighted by Gasteiger charge is -2.09. The Hall–Kier alpha value is -2.34. The molecule has 0 aliphatic rings. The molecule has 0 bridgehead atoms. The second-order valence-electron chi connectivity index (χ2n) is 4.74. The van der Waals surface area contributed by atoms with E-state index in [1.807, 2.05) is 0 Å². The van der Waals surface area contributed by atoms with Gasteiger partial charge < -0.3 is 5.73 Å². The number of Topliss-reactive ketones (excluding diaryl/α,β-unsaturated/α-hetero) is 1. The van der Waals surface area contributed by atoms with Gasteiger partial charge in [-0.3, -0.25) is 9.52 Å². The second-order valence-corrected chi connectivity index (χ2v) is 6.47. The van der Waals surface area contributed by atoms with Gasteiger partial charge in [0.1, 0.15) is 0 Å². The maximum atomic E-state index is 12.1. The number of carbonyl (C=O) groups excluding carboxylic acids is 1. The molecular formula is C15H16N2O3S. The van der Waals surface area contributed by atoms with E-state index in [1.165, 1.54) is 13.0 Å². The summed E-state index contributed by atoms with van der Waals surface area (Å²) in [6.45, 7) is 1.43. The fraction of sp³-hybridized carbons (Fsp3) is 0.133.